The summed E-state index contributed by atoms with van der Waals surface area (Å²) in [5, 5.41) is 25.9. The molecule has 4 N–H and O–H groups in total. The molecule has 8 nitrogen and oxygen atoms in total. The molecule has 0 fully saturated rings. The highest BCUT2D eigenvalue weighted by atomic mass is 16.4. The van der Waals surface area contributed by atoms with Gasteiger partial charge in [-0.25, -0.2) is 4.79 Å². The van der Waals surface area contributed by atoms with Gasteiger partial charge in [0, 0.05) is 19.9 Å². The lowest BCUT2D eigenvalue weighted by atomic mass is 9.93. The number of nitrogens with zero attached hydrogens (tertiary/aromatic N) is 1. The van der Waals surface area contributed by atoms with Crippen molar-refractivity contribution in [3.05, 3.63) is 35.4 Å². The number of amides is 2. The second-order valence-electron chi connectivity index (χ2n) is 6.78. The molecule has 9 heteroatoms. The van der Waals surface area contributed by atoms with E-state index in [1.165, 1.54) is 11.8 Å². The highest BCUT2D eigenvalue weighted by molar-refractivity contribution is 6.13. The number of fused-ring (bicyclic) bond motifs is 1. The number of carboxylic acids is 1. The maximum atomic E-state index is 12.7. The Balaban J connectivity index is 0.00000114. The molecule has 1 aliphatic rings. The Morgan fingerprint density at radius 1 is 1.22 bits per heavy atom. The molecule has 1 radical (unpaired) electrons. The van der Waals surface area contributed by atoms with Crippen LogP contribution in [0.1, 0.15) is 38.3 Å². The molecule has 0 aromatic heterocycles. The van der Waals surface area contributed by atoms with Gasteiger partial charge in [-0.3, -0.25) is 9.59 Å². The number of hydrogen-bond acceptors (Lipinski definition) is 5. The Hall–Kier alpha value is -2.39. The van der Waals surface area contributed by atoms with E-state index in [-0.39, 0.29) is 19.5 Å². The first kappa shape index (κ1) is 22.7. The van der Waals surface area contributed by atoms with Gasteiger partial charge in [0.1, 0.15) is 12.1 Å². The number of aliphatic carboxylic acids is 1. The third-order valence-electron chi connectivity index (χ3n) is 4.28. The van der Waals surface area contributed by atoms with Gasteiger partial charge in [-0.1, -0.05) is 38.1 Å². The van der Waals surface area contributed by atoms with Crippen LogP contribution >= 0.6 is 0 Å². The lowest BCUT2D eigenvalue weighted by Crippen LogP contribution is -2.55. The van der Waals surface area contributed by atoms with Gasteiger partial charge in [0.25, 0.3) is 0 Å². The van der Waals surface area contributed by atoms with Crippen molar-refractivity contribution in [3.8, 4) is 0 Å². The molecule has 2 unspecified atom stereocenters. The molecule has 1 aromatic carbocycles. The van der Waals surface area contributed by atoms with Crippen molar-refractivity contribution in [1.82, 2.24) is 10.2 Å². The molecule has 147 valence electrons. The van der Waals surface area contributed by atoms with Crippen molar-refractivity contribution in [3.63, 3.8) is 0 Å². The summed E-state index contributed by atoms with van der Waals surface area (Å²) < 4.78 is 0. The number of rotatable bonds is 5. The van der Waals surface area contributed by atoms with Crippen LogP contribution in [0.2, 0.25) is 0 Å². The van der Waals surface area contributed by atoms with Gasteiger partial charge in [0.05, 0.1) is 0 Å². The summed E-state index contributed by atoms with van der Waals surface area (Å²) >= 11 is 0. The zero-order chi connectivity index (χ0) is 20.6. The number of nitrogens with one attached hydrogen (secondary N) is 1. The predicted octanol–water partition coefficient (Wildman–Crippen LogP) is 0.0805. The Morgan fingerprint density at radius 3 is 2.26 bits per heavy atom. The first-order valence-electron chi connectivity index (χ1n) is 8.68. The third kappa shape index (κ3) is 6.69. The maximum Gasteiger partial charge on any atom is 0.482 e. The highest BCUT2D eigenvalue weighted by Crippen LogP contribution is 2.23. The zero-order valence-corrected chi connectivity index (χ0v) is 15.8. The van der Waals surface area contributed by atoms with Crippen LogP contribution in [0.25, 0.3) is 0 Å². The van der Waals surface area contributed by atoms with Crippen LogP contribution in [-0.2, 0) is 27.3 Å². The van der Waals surface area contributed by atoms with Crippen molar-refractivity contribution in [2.75, 3.05) is 0 Å². The molecular formula is C18H26BN2O6. The largest absolute Gasteiger partial charge is 0.482 e. The number of carboxylic acid groups (broad SMARTS) is 1. The van der Waals surface area contributed by atoms with Crippen LogP contribution in [0.15, 0.2) is 24.3 Å². The Labute approximate surface area is 159 Å². The minimum atomic E-state index is -1.05. The SMILES string of the molecule is CC(=O)N1Cc2ccccc2CC1C(=O)NC(CC(C)C)C(=O)O.O[B]O. The predicted molar refractivity (Wildman–Crippen MR) is 99.4 cm³/mol. The number of carbonyl (C=O) groups excluding carboxylic acids is 2. The first-order valence-corrected chi connectivity index (χ1v) is 8.68. The molecule has 0 spiro atoms. The van der Waals surface area contributed by atoms with Crippen LogP contribution in [0.3, 0.4) is 0 Å². The van der Waals surface area contributed by atoms with Gasteiger partial charge in [0.2, 0.25) is 11.8 Å². The highest BCUT2D eigenvalue weighted by Gasteiger charge is 2.34. The topological polar surface area (TPSA) is 127 Å². The Bertz CT molecular complexity index is 667. The number of carbonyl (C=O) groups is 3. The van der Waals surface area contributed by atoms with E-state index < -0.39 is 24.0 Å². The molecule has 27 heavy (non-hydrogen) atoms. The molecule has 1 aliphatic heterocycles. The fourth-order valence-electron chi connectivity index (χ4n) is 3.05. The van der Waals surface area contributed by atoms with Crippen LogP contribution in [0.4, 0.5) is 0 Å². The minimum Gasteiger partial charge on any atom is -0.480 e. The van der Waals surface area contributed by atoms with Crippen LogP contribution in [0.5, 0.6) is 0 Å². The molecular weight excluding hydrogens is 351 g/mol. The van der Waals surface area contributed by atoms with Crippen LogP contribution in [0, 0.1) is 5.92 Å². The summed E-state index contributed by atoms with van der Waals surface area (Å²) in [7, 11) is 0. The molecule has 1 heterocycles. The second-order valence-corrected chi connectivity index (χ2v) is 6.78. The second kappa shape index (κ2) is 10.7. The summed E-state index contributed by atoms with van der Waals surface area (Å²) in [6.07, 6.45) is 0.750. The molecule has 0 saturated carbocycles. The van der Waals surface area contributed by atoms with E-state index in [0.717, 1.165) is 11.1 Å². The first-order chi connectivity index (χ1) is 12.7. The summed E-state index contributed by atoms with van der Waals surface area (Å²) in [6, 6.07) is 6.07. The van der Waals surface area contributed by atoms with Crippen molar-refractivity contribution in [1.29, 1.82) is 0 Å². The van der Waals surface area contributed by atoms with Gasteiger partial charge in [-0.2, -0.15) is 0 Å². The van der Waals surface area contributed by atoms with E-state index in [9.17, 15) is 19.5 Å². The van der Waals surface area contributed by atoms with Crippen LogP contribution < -0.4 is 5.32 Å². The maximum absolute atomic E-state index is 12.7. The molecule has 0 saturated heterocycles. The summed E-state index contributed by atoms with van der Waals surface area (Å²) in [5.74, 6) is -1.52. The van der Waals surface area contributed by atoms with Gasteiger partial charge in [-0.05, 0) is 23.5 Å². The monoisotopic (exact) mass is 377 g/mol. The van der Waals surface area contributed by atoms with Gasteiger partial charge < -0.3 is 25.4 Å². The van der Waals surface area contributed by atoms with E-state index in [2.05, 4.69) is 5.32 Å². The fraction of sp³-hybridized carbons (Fsp3) is 0.500. The Kier molecular flexibility index (Phi) is 8.97. The van der Waals surface area contributed by atoms with Crippen molar-refractivity contribution < 1.29 is 29.5 Å². The van der Waals surface area contributed by atoms with E-state index in [1.54, 1.807) is 0 Å². The van der Waals surface area contributed by atoms with Crippen molar-refractivity contribution in [2.24, 2.45) is 5.92 Å². The molecule has 0 bridgehead atoms. The van der Waals surface area contributed by atoms with E-state index in [4.69, 9.17) is 10.0 Å². The summed E-state index contributed by atoms with van der Waals surface area (Å²) in [4.78, 5) is 37.5. The summed E-state index contributed by atoms with van der Waals surface area (Å²) in [6.45, 7) is 5.60. The fourth-order valence-corrected chi connectivity index (χ4v) is 3.05. The number of benzene rings is 1. The van der Waals surface area contributed by atoms with E-state index in [1.807, 2.05) is 38.1 Å². The smallest absolute Gasteiger partial charge is 0.480 e. The van der Waals surface area contributed by atoms with Gasteiger partial charge in [-0.15, -0.1) is 0 Å². The molecule has 2 amide bonds. The third-order valence-corrected chi connectivity index (χ3v) is 4.28. The van der Waals surface area contributed by atoms with Crippen molar-refractivity contribution in [2.45, 2.75) is 52.2 Å². The molecule has 2 atom stereocenters. The van der Waals surface area contributed by atoms with Crippen molar-refractivity contribution >= 4 is 25.5 Å². The quantitative estimate of drug-likeness (QED) is 0.539. The van der Waals surface area contributed by atoms with Gasteiger partial charge >= 0.3 is 13.7 Å². The van der Waals surface area contributed by atoms with E-state index >= 15 is 0 Å². The molecule has 2 rings (SSSR count). The lowest BCUT2D eigenvalue weighted by molar-refractivity contribution is -0.145. The minimum absolute atomic E-state index is 0. The lowest BCUT2D eigenvalue weighted by Gasteiger charge is -2.36. The molecule has 0 aliphatic carbocycles. The average Bonchev–Trinajstić information content (AvgIpc) is 2.60. The van der Waals surface area contributed by atoms with Crippen LogP contribution in [-0.4, -0.2) is 57.6 Å². The zero-order valence-electron chi connectivity index (χ0n) is 15.8. The Morgan fingerprint density at radius 2 is 1.78 bits per heavy atom. The van der Waals surface area contributed by atoms with Gasteiger partial charge in [0.15, 0.2) is 0 Å². The standard InChI is InChI=1S/C18H24N2O4.BH2O2/c1-11(2)8-15(18(23)24)19-17(22)16-9-13-6-4-5-7-14(13)10-20(16)12(3)21;2-1-3/h4-7,11,15-16H,8-10H2,1-3H3,(H,19,22)(H,23,24);2-3H. The summed E-state index contributed by atoms with van der Waals surface area (Å²) in [5.41, 5.74) is 2.04. The average molecular weight is 377 g/mol. The van der Waals surface area contributed by atoms with E-state index in [0.29, 0.717) is 19.4 Å². The normalized spacial score (nSPS) is 16.5. The molecule has 1 aromatic rings. The number of hydrogen-bond donors (Lipinski definition) is 4.